The first kappa shape index (κ1) is 25.7. The van der Waals surface area contributed by atoms with E-state index in [9.17, 15) is 17.2 Å². The van der Waals surface area contributed by atoms with E-state index in [4.69, 9.17) is 0 Å². The highest BCUT2D eigenvalue weighted by atomic mass is 79.9. The van der Waals surface area contributed by atoms with Gasteiger partial charge in [0.05, 0.1) is 9.99 Å². The van der Waals surface area contributed by atoms with E-state index in [1.54, 1.807) is 0 Å². The molecule has 188 valence electrons. The highest BCUT2D eigenvalue weighted by Crippen LogP contribution is 2.30. The second kappa shape index (κ2) is 10.7. The maximum absolute atomic E-state index is 14.1. The molecule has 1 aromatic heterocycles. The molecule has 0 radical (unpaired) electrons. The number of benzene rings is 2. The van der Waals surface area contributed by atoms with Gasteiger partial charge in [-0.15, -0.1) is 0 Å². The van der Waals surface area contributed by atoms with Crippen LogP contribution < -0.4 is 14.9 Å². The van der Waals surface area contributed by atoms with Crippen molar-refractivity contribution in [2.45, 2.75) is 30.6 Å². The number of hydrogen-bond acceptors (Lipinski definition) is 6. The molecule has 0 saturated heterocycles. The van der Waals surface area contributed by atoms with Crippen LogP contribution in [0, 0.1) is 23.5 Å². The van der Waals surface area contributed by atoms with Crippen molar-refractivity contribution < 1.29 is 17.2 Å². The van der Waals surface area contributed by atoms with E-state index in [1.807, 2.05) is 43.3 Å². The predicted molar refractivity (Wildman–Crippen MR) is 137 cm³/mol. The van der Waals surface area contributed by atoms with E-state index in [2.05, 4.69) is 35.9 Å². The zero-order chi connectivity index (χ0) is 25.2. The van der Waals surface area contributed by atoms with Crippen molar-refractivity contribution >= 4 is 48.6 Å². The molecule has 1 saturated carbocycles. The molecular formula is C24H28BrF2N5O2S. The molecule has 0 aliphatic heterocycles. The first-order valence-corrected chi connectivity index (χ1v) is 13.7. The summed E-state index contributed by atoms with van der Waals surface area (Å²) in [6, 6.07) is 9.42. The molecule has 1 fully saturated rings. The third kappa shape index (κ3) is 6.07. The lowest BCUT2D eigenvalue weighted by Gasteiger charge is -2.28. The fraction of sp³-hybridized carbons (Fsp3) is 0.417. The van der Waals surface area contributed by atoms with Gasteiger partial charge in [0.25, 0.3) is 0 Å². The zero-order valence-corrected chi connectivity index (χ0v) is 22.0. The molecule has 0 amide bonds. The monoisotopic (exact) mass is 567 g/mol. The number of rotatable bonds is 8. The number of para-hydroxylation sites is 1. The van der Waals surface area contributed by atoms with Gasteiger partial charge in [-0.3, -0.25) is 0 Å². The summed E-state index contributed by atoms with van der Waals surface area (Å²) in [5.74, 6) is 0.185. The van der Waals surface area contributed by atoms with Gasteiger partial charge in [0.1, 0.15) is 22.3 Å². The summed E-state index contributed by atoms with van der Waals surface area (Å²) in [6.07, 6.45) is 3.53. The average molecular weight is 568 g/mol. The summed E-state index contributed by atoms with van der Waals surface area (Å²) in [4.78, 5) is 10.6. The number of nitrogens with zero attached hydrogens (tertiary/aromatic N) is 3. The molecule has 0 spiro atoms. The van der Waals surface area contributed by atoms with Crippen LogP contribution in [0.5, 0.6) is 0 Å². The van der Waals surface area contributed by atoms with Crippen LogP contribution in [0.15, 0.2) is 45.8 Å². The van der Waals surface area contributed by atoms with Gasteiger partial charge in [-0.25, -0.2) is 26.9 Å². The number of hydrogen-bond donors (Lipinski definition) is 2. The van der Waals surface area contributed by atoms with Gasteiger partial charge in [0.15, 0.2) is 0 Å². The largest absolute Gasteiger partial charge is 0.362 e. The smallest absolute Gasteiger partial charge is 0.243 e. The Balaban J connectivity index is 1.30. The van der Waals surface area contributed by atoms with Crippen LogP contribution in [0.4, 0.5) is 20.5 Å². The number of halogens is 3. The Hall–Kier alpha value is -2.37. The van der Waals surface area contributed by atoms with Crippen LogP contribution in [0.1, 0.15) is 25.7 Å². The Labute approximate surface area is 212 Å². The second-order valence-electron chi connectivity index (χ2n) is 9.10. The molecule has 1 aliphatic carbocycles. The van der Waals surface area contributed by atoms with E-state index in [-0.39, 0.29) is 16.9 Å². The van der Waals surface area contributed by atoms with Crippen LogP contribution in [0.3, 0.4) is 0 Å². The second-order valence-corrected chi connectivity index (χ2v) is 11.7. The van der Waals surface area contributed by atoms with Gasteiger partial charge in [-0.05, 0) is 77.7 Å². The fourth-order valence-corrected chi connectivity index (χ4v) is 5.87. The van der Waals surface area contributed by atoms with Gasteiger partial charge in [-0.2, -0.15) is 4.98 Å². The standard InChI is InChI=1S/C24H28BrF2N5O2S/c1-32(2)23-17-5-3-4-6-21(17)30-24(31-23)28-13-15-7-9-16(10-8-15)14-29-35(33,34)22-12-19(26)18(25)11-20(22)27/h3-6,11-12,15-16,29H,7-10,13-14H2,1-2H3,(H,28,30,31)/t15-,16-. The van der Waals surface area contributed by atoms with Gasteiger partial charge < -0.3 is 10.2 Å². The van der Waals surface area contributed by atoms with E-state index in [0.717, 1.165) is 55.0 Å². The van der Waals surface area contributed by atoms with E-state index < -0.39 is 26.6 Å². The maximum atomic E-state index is 14.1. The van der Waals surface area contributed by atoms with E-state index in [1.165, 1.54) is 0 Å². The molecule has 0 atom stereocenters. The number of sulfonamides is 1. The Bertz CT molecular complexity index is 1310. The third-order valence-corrected chi connectivity index (χ3v) is 8.39. The molecule has 2 N–H and O–H groups in total. The van der Waals surface area contributed by atoms with Crippen molar-refractivity contribution in [1.82, 2.24) is 14.7 Å². The Morgan fingerprint density at radius 3 is 2.34 bits per heavy atom. The lowest BCUT2D eigenvalue weighted by molar-refractivity contribution is 0.284. The molecule has 0 unspecified atom stereocenters. The lowest BCUT2D eigenvalue weighted by Crippen LogP contribution is -2.32. The van der Waals surface area contributed by atoms with Crippen molar-refractivity contribution in [3.05, 3.63) is 52.5 Å². The molecule has 1 aliphatic rings. The van der Waals surface area contributed by atoms with E-state index >= 15 is 0 Å². The van der Waals surface area contributed by atoms with Crippen molar-refractivity contribution in [3.8, 4) is 0 Å². The minimum Gasteiger partial charge on any atom is -0.362 e. The quantitative estimate of drug-likeness (QED) is 0.375. The van der Waals surface area contributed by atoms with Crippen molar-refractivity contribution in [3.63, 3.8) is 0 Å². The zero-order valence-electron chi connectivity index (χ0n) is 19.6. The summed E-state index contributed by atoms with van der Waals surface area (Å²) < 4.78 is 55.1. The van der Waals surface area contributed by atoms with Crippen molar-refractivity contribution in [1.29, 1.82) is 0 Å². The topological polar surface area (TPSA) is 87.2 Å². The van der Waals surface area contributed by atoms with Crippen molar-refractivity contribution in [2.24, 2.45) is 11.8 Å². The molecule has 0 bridgehead atoms. The highest BCUT2D eigenvalue weighted by Gasteiger charge is 2.26. The Morgan fingerprint density at radius 1 is 1.00 bits per heavy atom. The minimum atomic E-state index is -4.14. The summed E-state index contributed by atoms with van der Waals surface area (Å²) in [6.45, 7) is 0.923. The number of anilines is 2. The molecule has 35 heavy (non-hydrogen) atoms. The highest BCUT2D eigenvalue weighted by molar-refractivity contribution is 9.10. The Morgan fingerprint density at radius 2 is 1.66 bits per heavy atom. The maximum Gasteiger partial charge on any atom is 0.243 e. The van der Waals surface area contributed by atoms with Gasteiger partial charge in [-0.1, -0.05) is 12.1 Å². The Kier molecular flexibility index (Phi) is 7.87. The van der Waals surface area contributed by atoms with Crippen LogP contribution >= 0.6 is 15.9 Å². The summed E-state index contributed by atoms with van der Waals surface area (Å²) >= 11 is 2.86. The van der Waals surface area contributed by atoms with Crippen LogP contribution in [-0.2, 0) is 10.0 Å². The van der Waals surface area contributed by atoms with Gasteiger partial charge in [0.2, 0.25) is 16.0 Å². The summed E-state index contributed by atoms with van der Waals surface area (Å²) in [5.41, 5.74) is 0.881. The van der Waals surface area contributed by atoms with Gasteiger partial charge in [0, 0.05) is 32.6 Å². The van der Waals surface area contributed by atoms with Gasteiger partial charge >= 0.3 is 0 Å². The molecule has 1 heterocycles. The third-order valence-electron chi connectivity index (χ3n) is 6.35. The molecule has 11 heteroatoms. The molecular weight excluding hydrogens is 540 g/mol. The lowest BCUT2D eigenvalue weighted by atomic mass is 9.82. The summed E-state index contributed by atoms with van der Waals surface area (Å²) in [7, 11) is -0.229. The number of aromatic nitrogens is 2. The van der Waals surface area contributed by atoms with E-state index in [0.29, 0.717) is 17.9 Å². The van der Waals surface area contributed by atoms with Crippen LogP contribution in [0.25, 0.3) is 10.9 Å². The fourth-order valence-electron chi connectivity index (χ4n) is 4.37. The van der Waals surface area contributed by atoms with Crippen LogP contribution in [-0.4, -0.2) is 45.6 Å². The SMILES string of the molecule is CN(C)c1nc(NC[C@H]2CC[C@H](CNS(=O)(=O)c3cc(F)c(Br)cc3F)CC2)nc2ccccc12. The summed E-state index contributed by atoms with van der Waals surface area (Å²) in [5, 5.41) is 4.37. The molecule has 3 aromatic rings. The normalized spacial score (nSPS) is 18.5. The molecule has 4 rings (SSSR count). The average Bonchev–Trinajstić information content (AvgIpc) is 2.83. The first-order chi connectivity index (χ1) is 16.6. The number of nitrogens with one attached hydrogen (secondary N) is 2. The molecule has 7 nitrogen and oxygen atoms in total. The first-order valence-electron chi connectivity index (χ1n) is 11.5. The predicted octanol–water partition coefficient (Wildman–Crippen LogP) is 4.93. The molecule has 2 aromatic carbocycles. The van der Waals surface area contributed by atoms with Crippen molar-refractivity contribution in [2.75, 3.05) is 37.4 Å². The number of fused-ring (bicyclic) bond motifs is 1. The van der Waals surface area contributed by atoms with Crippen LogP contribution in [0.2, 0.25) is 0 Å². The minimum absolute atomic E-state index is 0.118.